The summed E-state index contributed by atoms with van der Waals surface area (Å²) in [7, 11) is 0. The predicted molar refractivity (Wildman–Crippen MR) is 89.1 cm³/mol. The zero-order chi connectivity index (χ0) is 16.3. The average molecular weight is 318 g/mol. The van der Waals surface area contributed by atoms with Gasteiger partial charge < -0.3 is 19.4 Å². The number of fused-ring (bicyclic) bond motifs is 4. The molecule has 0 spiro atoms. The Bertz CT molecular complexity index is 1180. The third kappa shape index (κ3) is 1.68. The highest BCUT2D eigenvalue weighted by atomic mass is 16.5. The molecule has 4 aromatic rings. The Balaban J connectivity index is 1.84. The van der Waals surface area contributed by atoms with E-state index in [0.717, 1.165) is 9.49 Å². The second-order valence-corrected chi connectivity index (χ2v) is 5.52. The molecule has 0 amide bonds. The molecular weight excluding hydrogens is 308 g/mol. The topological polar surface area (TPSA) is 71.6 Å². The lowest BCUT2D eigenvalue weighted by Crippen LogP contribution is -2.18. The summed E-state index contributed by atoms with van der Waals surface area (Å²) >= 11 is 0. The van der Waals surface area contributed by atoms with Gasteiger partial charge in [0.25, 0.3) is 0 Å². The molecule has 5 rings (SSSR count). The standard InChI is InChI=1S/C18H10N2O4/c21-19-11-5-1-3-7-15(11)23-17-10-14-18(9-13(17)19)24-16-8-4-2-6-12(16)20(14)22/h1-10H. The molecule has 1 aromatic heterocycles. The van der Waals surface area contributed by atoms with Crippen LogP contribution in [0.3, 0.4) is 0 Å². The maximum atomic E-state index is 12.6. The van der Waals surface area contributed by atoms with Gasteiger partial charge in [-0.05, 0) is 18.2 Å². The van der Waals surface area contributed by atoms with Crippen LogP contribution >= 0.6 is 0 Å². The first-order valence-corrected chi connectivity index (χ1v) is 7.39. The number of hydrogen-bond acceptors (Lipinski definition) is 5. The second-order valence-electron chi connectivity index (χ2n) is 5.52. The van der Waals surface area contributed by atoms with Crippen LogP contribution in [-0.4, -0.2) is 0 Å². The number of para-hydroxylation sites is 4. The van der Waals surface area contributed by atoms with Crippen molar-refractivity contribution >= 4 is 33.6 Å². The molecule has 1 aliphatic heterocycles. The van der Waals surface area contributed by atoms with Gasteiger partial charge in [0.15, 0.2) is 5.75 Å². The fourth-order valence-corrected chi connectivity index (χ4v) is 2.94. The van der Waals surface area contributed by atoms with Crippen LogP contribution in [0.15, 0.2) is 65.1 Å². The fraction of sp³-hybridized carbons (Fsp3) is 0. The Morgan fingerprint density at radius 3 is 2.54 bits per heavy atom. The lowest BCUT2D eigenvalue weighted by Gasteiger charge is -2.36. The third-order valence-electron chi connectivity index (χ3n) is 4.09. The monoisotopic (exact) mass is 318 g/mol. The zero-order valence-corrected chi connectivity index (χ0v) is 12.3. The summed E-state index contributed by atoms with van der Waals surface area (Å²) < 4.78 is 12.4. The van der Waals surface area contributed by atoms with E-state index in [9.17, 15) is 10.1 Å². The van der Waals surface area contributed by atoms with Crippen LogP contribution in [0.25, 0.3) is 22.2 Å². The van der Waals surface area contributed by atoms with E-state index in [0.29, 0.717) is 45.1 Å². The number of benzene rings is 3. The lowest BCUT2D eigenvalue weighted by molar-refractivity contribution is -0.433. The molecule has 3 aromatic carbocycles. The van der Waals surface area contributed by atoms with Gasteiger partial charge in [-0.2, -0.15) is 0 Å². The molecule has 6 heteroatoms. The summed E-state index contributed by atoms with van der Waals surface area (Å²) in [4.78, 5) is 12.6. The van der Waals surface area contributed by atoms with Crippen LogP contribution in [-0.2, 0) is 0 Å². The molecule has 1 aliphatic rings. The molecule has 2 heterocycles. The fourth-order valence-electron chi connectivity index (χ4n) is 2.94. The van der Waals surface area contributed by atoms with E-state index in [1.165, 1.54) is 12.1 Å². The molecule has 6 nitrogen and oxygen atoms in total. The van der Waals surface area contributed by atoms with Crippen LogP contribution in [0.2, 0.25) is 0 Å². The van der Waals surface area contributed by atoms with Crippen molar-refractivity contribution in [2.24, 2.45) is 0 Å². The Kier molecular flexibility index (Phi) is 2.49. The van der Waals surface area contributed by atoms with Crippen molar-refractivity contribution in [1.82, 2.24) is 0 Å². The van der Waals surface area contributed by atoms with Crippen molar-refractivity contribution in [1.29, 1.82) is 0 Å². The first-order chi connectivity index (χ1) is 11.7. The summed E-state index contributed by atoms with van der Waals surface area (Å²) in [6, 6.07) is 17.0. The highest BCUT2D eigenvalue weighted by Crippen LogP contribution is 2.47. The molecular formula is C18H10N2O4. The number of hydrogen-bond donors (Lipinski definition) is 0. The minimum atomic E-state index is 0.306. The van der Waals surface area contributed by atoms with Crippen LogP contribution in [0.5, 0.6) is 11.5 Å². The number of aromatic nitrogens is 1. The van der Waals surface area contributed by atoms with Gasteiger partial charge >= 0.3 is 11.0 Å². The van der Waals surface area contributed by atoms with Crippen LogP contribution in [0.4, 0.5) is 11.4 Å². The van der Waals surface area contributed by atoms with Gasteiger partial charge in [-0.3, -0.25) is 0 Å². The molecule has 0 saturated heterocycles. The van der Waals surface area contributed by atoms with Gasteiger partial charge in [-0.1, -0.05) is 24.3 Å². The van der Waals surface area contributed by atoms with E-state index >= 15 is 0 Å². The van der Waals surface area contributed by atoms with Gasteiger partial charge in [-0.15, -0.1) is 0 Å². The Hall–Kier alpha value is -3.38. The van der Waals surface area contributed by atoms with Crippen LogP contribution < -0.4 is 14.2 Å². The summed E-state index contributed by atoms with van der Waals surface area (Å²) in [6.45, 7) is 0. The van der Waals surface area contributed by atoms with Gasteiger partial charge in [0.2, 0.25) is 11.2 Å². The predicted octanol–water partition coefficient (Wildman–Crippen LogP) is 4.24. The summed E-state index contributed by atoms with van der Waals surface area (Å²) in [6.07, 6.45) is 0. The highest BCUT2D eigenvalue weighted by Gasteiger charge is 2.24. The molecule has 0 bridgehead atoms. The number of anilines is 2. The Labute approximate surface area is 135 Å². The Morgan fingerprint density at radius 2 is 1.62 bits per heavy atom. The molecule has 0 saturated carbocycles. The molecule has 116 valence electrons. The van der Waals surface area contributed by atoms with E-state index in [-0.39, 0.29) is 0 Å². The van der Waals surface area contributed by atoms with Crippen molar-refractivity contribution in [3.8, 4) is 11.5 Å². The molecule has 0 atom stereocenters. The molecule has 0 radical (unpaired) electrons. The van der Waals surface area contributed by atoms with Gasteiger partial charge in [0.1, 0.15) is 5.75 Å². The molecule has 0 aliphatic carbocycles. The SMILES string of the molecule is O=[n+]1c2ccccc2oc2cc3c(cc21)Oc1ccccc1N3[O-]. The largest absolute Gasteiger partial charge is 0.754 e. The maximum Gasteiger partial charge on any atom is 0.309 e. The van der Waals surface area contributed by atoms with Crippen molar-refractivity contribution in [2.45, 2.75) is 0 Å². The zero-order valence-electron chi connectivity index (χ0n) is 12.3. The van der Waals surface area contributed by atoms with E-state index in [1.807, 2.05) is 0 Å². The van der Waals surface area contributed by atoms with E-state index in [4.69, 9.17) is 9.15 Å². The Morgan fingerprint density at radius 1 is 0.833 bits per heavy atom. The van der Waals surface area contributed by atoms with Crippen LogP contribution in [0, 0.1) is 10.1 Å². The van der Waals surface area contributed by atoms with Crippen molar-refractivity contribution in [3.63, 3.8) is 0 Å². The second kappa shape index (κ2) is 4.56. The third-order valence-corrected chi connectivity index (χ3v) is 4.09. The van der Waals surface area contributed by atoms with Gasteiger partial charge in [0, 0.05) is 17.0 Å². The molecule has 0 fully saturated rings. The average Bonchev–Trinajstić information content (AvgIpc) is 2.62. The highest BCUT2D eigenvalue weighted by molar-refractivity contribution is 5.88. The maximum absolute atomic E-state index is 12.6. The van der Waals surface area contributed by atoms with Crippen LogP contribution in [0.1, 0.15) is 0 Å². The van der Waals surface area contributed by atoms with Gasteiger partial charge in [0.05, 0.1) is 21.9 Å². The summed E-state index contributed by atoms with van der Waals surface area (Å²) in [5, 5.41) is 13.4. The molecule has 0 N–H and O–H groups in total. The quantitative estimate of drug-likeness (QED) is 0.358. The van der Waals surface area contributed by atoms with Gasteiger partial charge in [-0.25, -0.2) is 0 Å². The minimum absolute atomic E-state index is 0.306. The van der Waals surface area contributed by atoms with E-state index in [2.05, 4.69) is 0 Å². The van der Waals surface area contributed by atoms with E-state index in [1.54, 1.807) is 48.5 Å². The van der Waals surface area contributed by atoms with E-state index < -0.39 is 0 Å². The molecule has 24 heavy (non-hydrogen) atoms. The van der Waals surface area contributed by atoms with Crippen molar-refractivity contribution < 1.29 is 13.6 Å². The lowest BCUT2D eigenvalue weighted by atomic mass is 10.2. The first kappa shape index (κ1) is 13.1. The smallest absolute Gasteiger partial charge is 0.309 e. The number of nitrogens with zero attached hydrogens (tertiary/aromatic N) is 2. The normalized spacial score (nSPS) is 12.8. The summed E-state index contributed by atoms with van der Waals surface area (Å²) in [5.74, 6) is 0.779. The minimum Gasteiger partial charge on any atom is -0.754 e. The first-order valence-electron chi connectivity index (χ1n) is 7.39. The van der Waals surface area contributed by atoms with Crippen molar-refractivity contribution in [2.75, 3.05) is 5.06 Å². The number of rotatable bonds is 0. The van der Waals surface area contributed by atoms with Crippen molar-refractivity contribution in [3.05, 3.63) is 70.8 Å². The summed E-state index contributed by atoms with van der Waals surface area (Å²) in [5.41, 5.74) is 2.22. The number of ether oxygens (including phenoxy) is 1. The molecule has 0 unspecified atom stereocenters.